The average Bonchev–Trinajstić information content (AvgIpc) is 2.46. The summed E-state index contributed by atoms with van der Waals surface area (Å²) in [6, 6.07) is 6.95. The summed E-state index contributed by atoms with van der Waals surface area (Å²) in [6.45, 7) is 0. The molecule has 0 aliphatic rings. The third-order valence-corrected chi connectivity index (χ3v) is 2.66. The first-order chi connectivity index (χ1) is 10.0. The van der Waals surface area contributed by atoms with Gasteiger partial charge < -0.3 is 16.8 Å². The molecule has 0 radical (unpaired) electrons. The standard InChI is InChI=1S/C13H16N4O4/c14-10(6-11(15)20)13(21)17(12(7-18)16-8-19)9-4-2-1-3-5-9/h1-5,7-8,10,12H,6,14H2,(H2,15,20)(H,16,19)/t10-,12+/m0/s1. The van der Waals surface area contributed by atoms with Gasteiger partial charge in [0.25, 0.3) is 0 Å². The van der Waals surface area contributed by atoms with Crippen LogP contribution in [0.25, 0.3) is 0 Å². The van der Waals surface area contributed by atoms with Crippen molar-refractivity contribution in [3.05, 3.63) is 30.3 Å². The molecule has 8 heteroatoms. The Morgan fingerprint density at radius 1 is 1.24 bits per heavy atom. The number of hydrogen-bond donors (Lipinski definition) is 3. The Morgan fingerprint density at radius 3 is 2.33 bits per heavy atom. The number of benzene rings is 1. The van der Waals surface area contributed by atoms with Crippen LogP contribution in [0.2, 0.25) is 0 Å². The van der Waals surface area contributed by atoms with E-state index in [4.69, 9.17) is 11.5 Å². The van der Waals surface area contributed by atoms with Gasteiger partial charge in [-0.3, -0.25) is 24.1 Å². The van der Waals surface area contributed by atoms with Gasteiger partial charge in [-0.2, -0.15) is 0 Å². The minimum atomic E-state index is -1.23. The lowest BCUT2D eigenvalue weighted by Gasteiger charge is -2.29. The number of nitrogens with one attached hydrogen (secondary N) is 1. The Hall–Kier alpha value is -2.74. The van der Waals surface area contributed by atoms with E-state index in [-0.39, 0.29) is 6.42 Å². The number of carbonyl (C=O) groups is 4. The highest BCUT2D eigenvalue weighted by Gasteiger charge is 2.29. The van der Waals surface area contributed by atoms with Crippen LogP contribution in [0, 0.1) is 0 Å². The summed E-state index contributed by atoms with van der Waals surface area (Å²) in [7, 11) is 0. The number of nitrogens with two attached hydrogens (primary N) is 2. The van der Waals surface area contributed by atoms with Crippen LogP contribution in [-0.4, -0.2) is 36.7 Å². The van der Waals surface area contributed by atoms with E-state index in [1.807, 2.05) is 0 Å². The second-order valence-electron chi connectivity index (χ2n) is 4.19. The number of amides is 3. The van der Waals surface area contributed by atoms with Crippen LogP contribution in [0.1, 0.15) is 6.42 Å². The molecule has 0 aliphatic heterocycles. The number of primary amides is 1. The SMILES string of the molecule is NC(=O)C[C@H](N)C(=O)N(c1ccccc1)[C@H](C=O)NC=O. The molecule has 0 saturated carbocycles. The Labute approximate surface area is 121 Å². The maximum atomic E-state index is 12.3. The lowest BCUT2D eigenvalue weighted by atomic mass is 10.1. The summed E-state index contributed by atoms with van der Waals surface area (Å²) in [5, 5.41) is 2.20. The van der Waals surface area contributed by atoms with Gasteiger partial charge in [0.05, 0.1) is 12.5 Å². The second kappa shape index (κ2) is 7.75. The molecule has 5 N–H and O–H groups in total. The summed E-state index contributed by atoms with van der Waals surface area (Å²) in [5.74, 6) is -1.44. The predicted octanol–water partition coefficient (Wildman–Crippen LogP) is -1.51. The number of hydrogen-bond acceptors (Lipinski definition) is 5. The second-order valence-corrected chi connectivity index (χ2v) is 4.19. The van der Waals surface area contributed by atoms with Crippen molar-refractivity contribution in [2.45, 2.75) is 18.6 Å². The molecule has 0 spiro atoms. The molecule has 0 aliphatic carbocycles. The number of para-hydroxylation sites is 1. The average molecular weight is 292 g/mol. The number of nitrogens with zero attached hydrogens (tertiary/aromatic N) is 1. The maximum absolute atomic E-state index is 12.3. The molecule has 21 heavy (non-hydrogen) atoms. The van der Waals surface area contributed by atoms with Crippen LogP contribution >= 0.6 is 0 Å². The fraction of sp³-hybridized carbons (Fsp3) is 0.231. The van der Waals surface area contributed by atoms with Gasteiger partial charge in [-0.25, -0.2) is 0 Å². The first-order valence-electron chi connectivity index (χ1n) is 6.08. The summed E-state index contributed by atoms with van der Waals surface area (Å²) in [5.41, 5.74) is 11.0. The summed E-state index contributed by atoms with van der Waals surface area (Å²) < 4.78 is 0. The molecule has 8 nitrogen and oxygen atoms in total. The molecule has 0 heterocycles. The van der Waals surface area contributed by atoms with E-state index in [1.165, 1.54) is 0 Å². The molecule has 0 unspecified atom stereocenters. The van der Waals surface area contributed by atoms with Gasteiger partial charge in [0.15, 0.2) is 12.5 Å². The molecule has 0 aromatic heterocycles. The van der Waals surface area contributed by atoms with Crippen molar-refractivity contribution in [3.8, 4) is 0 Å². The predicted molar refractivity (Wildman–Crippen MR) is 74.8 cm³/mol. The van der Waals surface area contributed by atoms with Gasteiger partial charge in [-0.15, -0.1) is 0 Å². The molecule has 0 saturated heterocycles. The molecule has 1 aromatic rings. The molecular weight excluding hydrogens is 276 g/mol. The molecule has 0 fully saturated rings. The fourth-order valence-electron chi connectivity index (χ4n) is 1.74. The van der Waals surface area contributed by atoms with Crippen LogP contribution in [0.3, 0.4) is 0 Å². The Balaban J connectivity index is 3.12. The first-order valence-corrected chi connectivity index (χ1v) is 6.08. The Kier molecular flexibility index (Phi) is 6.02. The van der Waals surface area contributed by atoms with E-state index in [9.17, 15) is 19.2 Å². The quantitative estimate of drug-likeness (QED) is 0.395. The van der Waals surface area contributed by atoms with Crippen LogP contribution in [-0.2, 0) is 19.2 Å². The van der Waals surface area contributed by atoms with Crippen molar-refractivity contribution in [1.82, 2.24) is 5.32 Å². The van der Waals surface area contributed by atoms with Gasteiger partial charge in [0.1, 0.15) is 0 Å². The lowest BCUT2D eigenvalue weighted by molar-refractivity contribution is -0.126. The molecule has 1 rings (SSSR count). The zero-order valence-electron chi connectivity index (χ0n) is 11.1. The topological polar surface area (TPSA) is 136 Å². The fourth-order valence-corrected chi connectivity index (χ4v) is 1.74. The van der Waals surface area contributed by atoms with Crippen LogP contribution in [0.4, 0.5) is 5.69 Å². The third kappa shape index (κ3) is 4.39. The normalized spacial score (nSPS) is 12.8. The van der Waals surface area contributed by atoms with Crippen molar-refractivity contribution < 1.29 is 19.2 Å². The molecular formula is C13H16N4O4. The highest BCUT2D eigenvalue weighted by Crippen LogP contribution is 2.16. The van der Waals surface area contributed by atoms with Gasteiger partial charge >= 0.3 is 0 Å². The highest BCUT2D eigenvalue weighted by atomic mass is 16.2. The molecule has 1 aromatic carbocycles. The van der Waals surface area contributed by atoms with Gasteiger partial charge in [-0.1, -0.05) is 18.2 Å². The Bertz CT molecular complexity index is 520. The highest BCUT2D eigenvalue weighted by molar-refractivity contribution is 6.02. The largest absolute Gasteiger partial charge is 0.370 e. The van der Waals surface area contributed by atoms with E-state index in [1.54, 1.807) is 30.3 Å². The molecule has 112 valence electrons. The monoisotopic (exact) mass is 292 g/mol. The van der Waals surface area contributed by atoms with E-state index >= 15 is 0 Å². The number of carbonyl (C=O) groups excluding carboxylic acids is 4. The van der Waals surface area contributed by atoms with Crippen molar-refractivity contribution >= 4 is 30.2 Å². The number of rotatable bonds is 8. The van der Waals surface area contributed by atoms with Crippen molar-refractivity contribution in [2.24, 2.45) is 11.5 Å². The van der Waals surface area contributed by atoms with E-state index in [2.05, 4.69) is 5.32 Å². The zero-order chi connectivity index (χ0) is 15.8. The molecule has 0 bridgehead atoms. The van der Waals surface area contributed by atoms with Crippen LogP contribution in [0.15, 0.2) is 30.3 Å². The van der Waals surface area contributed by atoms with Crippen molar-refractivity contribution in [2.75, 3.05) is 4.90 Å². The van der Waals surface area contributed by atoms with Crippen LogP contribution in [0.5, 0.6) is 0 Å². The summed E-state index contributed by atoms with van der Waals surface area (Å²) in [4.78, 5) is 45.9. The minimum absolute atomic E-state index is 0.294. The maximum Gasteiger partial charge on any atom is 0.246 e. The smallest absolute Gasteiger partial charge is 0.246 e. The van der Waals surface area contributed by atoms with E-state index in [0.29, 0.717) is 18.4 Å². The van der Waals surface area contributed by atoms with Gasteiger partial charge in [-0.05, 0) is 12.1 Å². The minimum Gasteiger partial charge on any atom is -0.370 e. The van der Waals surface area contributed by atoms with Crippen LogP contribution < -0.4 is 21.7 Å². The number of aldehydes is 1. The number of anilines is 1. The third-order valence-electron chi connectivity index (χ3n) is 2.66. The van der Waals surface area contributed by atoms with E-state index < -0.39 is 24.0 Å². The summed E-state index contributed by atoms with van der Waals surface area (Å²) >= 11 is 0. The lowest BCUT2D eigenvalue weighted by Crippen LogP contribution is -2.55. The molecule has 3 amide bonds. The summed E-state index contributed by atoms with van der Waals surface area (Å²) in [6.07, 6.45) is -0.913. The van der Waals surface area contributed by atoms with Gasteiger partial charge in [0, 0.05) is 5.69 Å². The van der Waals surface area contributed by atoms with E-state index in [0.717, 1.165) is 4.90 Å². The van der Waals surface area contributed by atoms with Gasteiger partial charge in [0.2, 0.25) is 18.2 Å². The Morgan fingerprint density at radius 2 is 1.86 bits per heavy atom. The van der Waals surface area contributed by atoms with Crippen molar-refractivity contribution in [3.63, 3.8) is 0 Å². The first kappa shape index (κ1) is 16.3. The van der Waals surface area contributed by atoms with Crippen molar-refractivity contribution in [1.29, 1.82) is 0 Å². The molecule has 2 atom stereocenters. The zero-order valence-corrected chi connectivity index (χ0v) is 11.1.